The molecular formula is C15H16BrNOS. The summed E-state index contributed by atoms with van der Waals surface area (Å²) in [7, 11) is 1.68. The number of ether oxygens (including phenoxy) is 1. The van der Waals surface area contributed by atoms with Gasteiger partial charge in [0.25, 0.3) is 0 Å². The van der Waals surface area contributed by atoms with Crippen LogP contribution in [0.1, 0.15) is 5.56 Å². The molecule has 0 saturated heterocycles. The number of nitrogen functional groups attached to an aromatic ring is 1. The van der Waals surface area contributed by atoms with Crippen LogP contribution in [0.5, 0.6) is 5.75 Å². The van der Waals surface area contributed by atoms with Crippen molar-refractivity contribution in [3.8, 4) is 5.75 Å². The highest BCUT2D eigenvalue weighted by atomic mass is 79.9. The average Bonchev–Trinajstić information content (AvgIpc) is 2.42. The van der Waals surface area contributed by atoms with E-state index in [-0.39, 0.29) is 0 Å². The van der Waals surface area contributed by atoms with Crippen LogP contribution in [0.25, 0.3) is 0 Å². The van der Waals surface area contributed by atoms with Gasteiger partial charge in [0.05, 0.1) is 7.11 Å². The lowest BCUT2D eigenvalue weighted by Gasteiger charge is -2.06. The Kier molecular flexibility index (Phi) is 5.16. The summed E-state index contributed by atoms with van der Waals surface area (Å²) in [6.45, 7) is 0. The van der Waals surface area contributed by atoms with Crippen LogP contribution in [-0.2, 0) is 6.42 Å². The lowest BCUT2D eigenvalue weighted by Crippen LogP contribution is -1.90. The molecule has 0 aliphatic rings. The van der Waals surface area contributed by atoms with Crippen molar-refractivity contribution >= 4 is 33.4 Å². The summed E-state index contributed by atoms with van der Waals surface area (Å²) in [5, 5.41) is 0. The highest BCUT2D eigenvalue weighted by Crippen LogP contribution is 2.29. The summed E-state index contributed by atoms with van der Waals surface area (Å²) in [6.07, 6.45) is 1.03. The number of thioether (sulfide) groups is 1. The van der Waals surface area contributed by atoms with E-state index in [9.17, 15) is 0 Å². The van der Waals surface area contributed by atoms with Gasteiger partial charge < -0.3 is 10.5 Å². The van der Waals surface area contributed by atoms with Gasteiger partial charge in [-0.3, -0.25) is 0 Å². The Bertz CT molecular complexity index is 542. The third-order valence-corrected chi connectivity index (χ3v) is 4.76. The van der Waals surface area contributed by atoms with Crippen LogP contribution in [0, 0.1) is 0 Å². The van der Waals surface area contributed by atoms with Gasteiger partial charge in [0, 0.05) is 20.8 Å². The first-order valence-electron chi connectivity index (χ1n) is 6.00. The van der Waals surface area contributed by atoms with E-state index in [1.54, 1.807) is 7.11 Å². The van der Waals surface area contributed by atoms with E-state index in [1.807, 2.05) is 36.0 Å². The van der Waals surface area contributed by atoms with Gasteiger partial charge in [-0.15, -0.1) is 11.8 Å². The van der Waals surface area contributed by atoms with Gasteiger partial charge in [0.1, 0.15) is 5.75 Å². The minimum Gasteiger partial charge on any atom is -0.497 e. The number of hydrogen-bond acceptors (Lipinski definition) is 3. The maximum absolute atomic E-state index is 5.72. The summed E-state index contributed by atoms with van der Waals surface area (Å²) in [5.41, 5.74) is 7.83. The third-order valence-electron chi connectivity index (χ3n) is 2.76. The Labute approximate surface area is 126 Å². The van der Waals surface area contributed by atoms with Gasteiger partial charge >= 0.3 is 0 Å². The fraction of sp³-hybridized carbons (Fsp3) is 0.200. The first-order chi connectivity index (χ1) is 9.19. The van der Waals surface area contributed by atoms with Crippen LogP contribution in [0.15, 0.2) is 51.8 Å². The van der Waals surface area contributed by atoms with Crippen molar-refractivity contribution in [3.05, 3.63) is 52.5 Å². The Morgan fingerprint density at radius 1 is 1.16 bits per heavy atom. The monoisotopic (exact) mass is 337 g/mol. The predicted molar refractivity (Wildman–Crippen MR) is 86.0 cm³/mol. The molecule has 2 rings (SSSR count). The highest BCUT2D eigenvalue weighted by Gasteiger charge is 2.01. The number of nitrogens with two attached hydrogens (primary N) is 1. The molecule has 4 heteroatoms. The van der Waals surface area contributed by atoms with Crippen LogP contribution < -0.4 is 10.5 Å². The van der Waals surface area contributed by atoms with Crippen LogP contribution >= 0.6 is 27.7 Å². The molecule has 2 aromatic carbocycles. The van der Waals surface area contributed by atoms with Crippen molar-refractivity contribution in [1.82, 2.24) is 0 Å². The normalized spacial score (nSPS) is 10.4. The van der Waals surface area contributed by atoms with E-state index >= 15 is 0 Å². The first kappa shape index (κ1) is 14.3. The molecule has 0 saturated carbocycles. The van der Waals surface area contributed by atoms with Crippen LogP contribution in [0.3, 0.4) is 0 Å². The van der Waals surface area contributed by atoms with Gasteiger partial charge in [0.2, 0.25) is 0 Å². The topological polar surface area (TPSA) is 35.2 Å². The highest BCUT2D eigenvalue weighted by molar-refractivity contribution is 9.10. The van der Waals surface area contributed by atoms with E-state index in [2.05, 4.69) is 34.1 Å². The zero-order valence-electron chi connectivity index (χ0n) is 10.7. The fourth-order valence-corrected chi connectivity index (χ4v) is 3.36. The molecule has 2 nitrogen and oxygen atoms in total. The number of halogens is 1. The molecular weight excluding hydrogens is 322 g/mol. The number of anilines is 1. The third kappa shape index (κ3) is 4.18. The van der Waals surface area contributed by atoms with E-state index in [0.29, 0.717) is 0 Å². The van der Waals surface area contributed by atoms with Crippen molar-refractivity contribution in [1.29, 1.82) is 0 Å². The van der Waals surface area contributed by atoms with Crippen LogP contribution in [-0.4, -0.2) is 12.9 Å². The molecule has 0 fully saturated rings. The number of methoxy groups -OCH3 is 1. The number of hydrogen-bond donors (Lipinski definition) is 1. The maximum Gasteiger partial charge on any atom is 0.118 e. The van der Waals surface area contributed by atoms with Crippen LogP contribution in [0.4, 0.5) is 5.69 Å². The molecule has 0 unspecified atom stereocenters. The molecule has 0 aliphatic carbocycles. The predicted octanol–water partition coefficient (Wildman–Crippen LogP) is 4.37. The Hall–Kier alpha value is -1.13. The van der Waals surface area contributed by atoms with E-state index in [4.69, 9.17) is 10.5 Å². The number of benzene rings is 2. The Balaban J connectivity index is 1.88. The summed E-state index contributed by atoms with van der Waals surface area (Å²) >= 11 is 5.36. The SMILES string of the molecule is COc1ccc(CCSc2ccc(N)cc2Br)cc1. The first-order valence-corrected chi connectivity index (χ1v) is 7.77. The molecule has 19 heavy (non-hydrogen) atoms. The molecule has 2 N–H and O–H groups in total. The average molecular weight is 338 g/mol. The molecule has 0 spiro atoms. The molecule has 0 aromatic heterocycles. The summed E-state index contributed by atoms with van der Waals surface area (Å²) < 4.78 is 6.21. The number of rotatable bonds is 5. The zero-order chi connectivity index (χ0) is 13.7. The van der Waals surface area contributed by atoms with E-state index in [0.717, 1.165) is 28.1 Å². The van der Waals surface area contributed by atoms with Crippen molar-refractivity contribution < 1.29 is 4.74 Å². The minimum absolute atomic E-state index is 0.784. The smallest absolute Gasteiger partial charge is 0.118 e. The van der Waals surface area contributed by atoms with Crippen LogP contribution in [0.2, 0.25) is 0 Å². The lowest BCUT2D eigenvalue weighted by molar-refractivity contribution is 0.414. The van der Waals surface area contributed by atoms with E-state index < -0.39 is 0 Å². The Morgan fingerprint density at radius 3 is 2.53 bits per heavy atom. The second-order valence-electron chi connectivity index (χ2n) is 4.14. The second-order valence-corrected chi connectivity index (χ2v) is 6.13. The fourth-order valence-electron chi connectivity index (χ4n) is 1.71. The van der Waals surface area contributed by atoms with Gasteiger partial charge in [-0.25, -0.2) is 0 Å². The molecule has 0 amide bonds. The quantitative estimate of drug-likeness (QED) is 0.649. The minimum atomic E-state index is 0.784. The second kappa shape index (κ2) is 6.87. The Morgan fingerprint density at radius 2 is 1.89 bits per heavy atom. The van der Waals surface area contributed by atoms with Gasteiger partial charge in [-0.2, -0.15) is 0 Å². The molecule has 0 atom stereocenters. The van der Waals surface area contributed by atoms with Crippen molar-refractivity contribution in [2.24, 2.45) is 0 Å². The van der Waals surface area contributed by atoms with Gasteiger partial charge in [-0.1, -0.05) is 12.1 Å². The van der Waals surface area contributed by atoms with Gasteiger partial charge in [-0.05, 0) is 58.2 Å². The summed E-state index contributed by atoms with van der Waals surface area (Å²) in [4.78, 5) is 1.22. The standard InChI is InChI=1S/C15H16BrNOS/c1-18-13-5-2-11(3-6-13)8-9-19-15-7-4-12(17)10-14(15)16/h2-7,10H,8-9,17H2,1H3. The summed E-state index contributed by atoms with van der Waals surface area (Å²) in [5.74, 6) is 1.94. The van der Waals surface area contributed by atoms with Gasteiger partial charge in [0.15, 0.2) is 0 Å². The zero-order valence-corrected chi connectivity index (χ0v) is 13.1. The molecule has 0 heterocycles. The van der Waals surface area contributed by atoms with Crippen molar-refractivity contribution in [2.75, 3.05) is 18.6 Å². The maximum atomic E-state index is 5.72. The largest absolute Gasteiger partial charge is 0.497 e. The molecule has 0 radical (unpaired) electrons. The lowest BCUT2D eigenvalue weighted by atomic mass is 10.2. The molecule has 2 aromatic rings. The van der Waals surface area contributed by atoms with E-state index in [1.165, 1.54) is 10.5 Å². The van der Waals surface area contributed by atoms with Crippen molar-refractivity contribution in [3.63, 3.8) is 0 Å². The molecule has 0 bridgehead atoms. The number of aryl methyl sites for hydroxylation is 1. The summed E-state index contributed by atoms with van der Waals surface area (Å²) in [6, 6.07) is 14.1. The van der Waals surface area contributed by atoms with Crippen molar-refractivity contribution in [2.45, 2.75) is 11.3 Å². The molecule has 100 valence electrons. The molecule has 0 aliphatic heterocycles.